The van der Waals surface area contributed by atoms with Crippen LogP contribution in [0.5, 0.6) is 0 Å². The van der Waals surface area contributed by atoms with E-state index in [9.17, 15) is 9.90 Å². The molecule has 3 fully saturated rings. The molecule has 3 saturated carbocycles. The van der Waals surface area contributed by atoms with Crippen LogP contribution in [0.2, 0.25) is 0 Å². The summed E-state index contributed by atoms with van der Waals surface area (Å²) in [6.45, 7) is 4.06. The molecule has 0 radical (unpaired) electrons. The van der Waals surface area contributed by atoms with Gasteiger partial charge in [0.1, 0.15) is 0 Å². The topological polar surface area (TPSA) is 46.5 Å². The minimum absolute atomic E-state index is 0.0685. The summed E-state index contributed by atoms with van der Waals surface area (Å²) in [6, 6.07) is 0. The van der Waals surface area contributed by atoms with Crippen molar-refractivity contribution in [2.24, 2.45) is 22.7 Å². The third-order valence-electron chi connectivity index (χ3n) is 7.94. The van der Waals surface area contributed by atoms with Crippen molar-refractivity contribution in [1.29, 1.82) is 0 Å². The number of ketones is 1. The third-order valence-corrected chi connectivity index (χ3v) is 8.31. The van der Waals surface area contributed by atoms with E-state index in [2.05, 4.69) is 6.92 Å². The summed E-state index contributed by atoms with van der Waals surface area (Å²) in [5, 5.41) is 11.1. The highest BCUT2D eigenvalue weighted by molar-refractivity contribution is 7.98. The second-order valence-corrected chi connectivity index (χ2v) is 9.81. The van der Waals surface area contributed by atoms with Gasteiger partial charge in [0, 0.05) is 11.3 Å². The Labute approximate surface area is 159 Å². The molecule has 4 aliphatic rings. The molecule has 0 aromatic rings. The van der Waals surface area contributed by atoms with Gasteiger partial charge in [-0.25, -0.2) is 4.39 Å². The molecular weight excluding hydrogens is 351 g/mol. The zero-order valence-electron chi connectivity index (χ0n) is 15.8. The molecule has 0 aromatic heterocycles. The van der Waals surface area contributed by atoms with Crippen LogP contribution in [0.25, 0.3) is 0 Å². The SMILES string of the molecule is CSCO[C@H]1CC[C@H]2[C@@H]3CCC4=CC(=O)C=C[C@]4(C)C3(F)[C@@H](O)C[C@]12C. The fraction of sp³-hybridized carbons (Fsp3) is 0.762. The average Bonchev–Trinajstić information content (AvgIpc) is 2.91. The van der Waals surface area contributed by atoms with Gasteiger partial charge in [0.25, 0.3) is 0 Å². The van der Waals surface area contributed by atoms with E-state index >= 15 is 4.39 Å². The first-order chi connectivity index (χ1) is 12.3. The number of thioether (sulfide) groups is 1. The molecule has 3 nitrogen and oxygen atoms in total. The summed E-state index contributed by atoms with van der Waals surface area (Å²) >= 11 is 1.66. The Bertz CT molecular complexity index is 676. The number of rotatable bonds is 3. The first-order valence-electron chi connectivity index (χ1n) is 9.69. The van der Waals surface area contributed by atoms with E-state index in [4.69, 9.17) is 4.74 Å². The molecule has 26 heavy (non-hydrogen) atoms. The number of aliphatic hydroxyl groups is 1. The van der Waals surface area contributed by atoms with Gasteiger partial charge in [-0.3, -0.25) is 4.79 Å². The number of carbonyl (C=O) groups is 1. The monoisotopic (exact) mass is 380 g/mol. The van der Waals surface area contributed by atoms with Crippen LogP contribution in [-0.2, 0) is 9.53 Å². The molecule has 4 rings (SSSR count). The number of carbonyl (C=O) groups excluding carboxylic acids is 1. The fourth-order valence-corrected chi connectivity index (χ4v) is 6.89. The molecule has 0 bridgehead atoms. The van der Waals surface area contributed by atoms with Crippen LogP contribution in [0.15, 0.2) is 23.8 Å². The van der Waals surface area contributed by atoms with Gasteiger partial charge >= 0.3 is 0 Å². The lowest BCUT2D eigenvalue weighted by molar-refractivity contribution is -0.203. The van der Waals surface area contributed by atoms with Gasteiger partial charge in [0.2, 0.25) is 0 Å². The van der Waals surface area contributed by atoms with Crippen molar-refractivity contribution in [2.45, 2.75) is 63.8 Å². The third kappa shape index (κ3) is 2.29. The number of halogens is 1. The standard InChI is InChI=1S/C21H29FO3S/c1-19-11-17(24)21(22)16(15(19)6-7-18(19)25-12-26-3)5-4-13-10-14(23)8-9-20(13,21)2/h8-10,15-18,24H,4-7,11-12H2,1-3H3/t15-,16-,17-,18-,19-,20-,21?/m0/s1. The van der Waals surface area contributed by atoms with E-state index in [1.54, 1.807) is 23.9 Å². The lowest BCUT2D eigenvalue weighted by Crippen LogP contribution is -2.67. The summed E-state index contributed by atoms with van der Waals surface area (Å²) in [7, 11) is 0. The predicted octanol–water partition coefficient (Wildman–Crippen LogP) is 4.06. The summed E-state index contributed by atoms with van der Waals surface area (Å²) in [6.07, 6.45) is 9.61. The fourth-order valence-electron chi connectivity index (χ4n) is 6.59. The van der Waals surface area contributed by atoms with E-state index in [0.717, 1.165) is 24.8 Å². The maximum absolute atomic E-state index is 16.7. The molecular formula is C21H29FO3S. The number of hydrogen-bond acceptors (Lipinski definition) is 4. The van der Waals surface area contributed by atoms with E-state index in [0.29, 0.717) is 18.8 Å². The van der Waals surface area contributed by atoms with Gasteiger partial charge in [-0.15, -0.1) is 11.8 Å². The van der Waals surface area contributed by atoms with Gasteiger partial charge in [-0.05, 0) is 68.8 Å². The molecule has 0 spiro atoms. The zero-order valence-corrected chi connectivity index (χ0v) is 16.7. The second-order valence-electron chi connectivity index (χ2n) is 8.99. The highest BCUT2D eigenvalue weighted by Crippen LogP contribution is 2.68. The van der Waals surface area contributed by atoms with E-state index < -0.39 is 17.2 Å². The molecule has 0 aliphatic heterocycles. The van der Waals surface area contributed by atoms with Crippen LogP contribution < -0.4 is 0 Å². The molecule has 1 unspecified atom stereocenters. The highest BCUT2D eigenvalue weighted by atomic mass is 32.2. The molecule has 0 aromatic carbocycles. The minimum atomic E-state index is -1.72. The van der Waals surface area contributed by atoms with Crippen molar-refractivity contribution in [3.8, 4) is 0 Å². The van der Waals surface area contributed by atoms with Gasteiger partial charge in [0.05, 0.1) is 18.1 Å². The zero-order chi connectivity index (χ0) is 18.7. The predicted molar refractivity (Wildman–Crippen MR) is 102 cm³/mol. The van der Waals surface area contributed by atoms with Crippen molar-refractivity contribution in [1.82, 2.24) is 0 Å². The van der Waals surface area contributed by atoms with Gasteiger partial charge in [0.15, 0.2) is 11.5 Å². The van der Waals surface area contributed by atoms with Gasteiger partial charge in [-0.2, -0.15) is 0 Å². The number of hydrogen-bond donors (Lipinski definition) is 1. The number of alkyl halides is 1. The lowest BCUT2D eigenvalue weighted by Gasteiger charge is -2.61. The van der Waals surface area contributed by atoms with Gasteiger partial charge < -0.3 is 9.84 Å². The molecule has 144 valence electrons. The van der Waals surface area contributed by atoms with E-state index in [1.807, 2.05) is 13.2 Å². The number of fused-ring (bicyclic) bond motifs is 5. The Morgan fingerprint density at radius 2 is 2.08 bits per heavy atom. The van der Waals surface area contributed by atoms with Crippen LogP contribution in [0.1, 0.15) is 46.0 Å². The van der Waals surface area contributed by atoms with Crippen molar-refractivity contribution in [3.05, 3.63) is 23.8 Å². The number of aliphatic hydroxyl groups excluding tert-OH is 1. The minimum Gasteiger partial charge on any atom is -0.390 e. The quantitative estimate of drug-likeness (QED) is 0.750. The maximum atomic E-state index is 16.7. The Morgan fingerprint density at radius 1 is 1.31 bits per heavy atom. The smallest absolute Gasteiger partial charge is 0.178 e. The second kappa shape index (κ2) is 6.18. The molecule has 5 heteroatoms. The summed E-state index contributed by atoms with van der Waals surface area (Å²) in [4.78, 5) is 11.8. The first kappa shape index (κ1) is 18.7. The van der Waals surface area contributed by atoms with Crippen molar-refractivity contribution < 1.29 is 19.0 Å². The van der Waals surface area contributed by atoms with Crippen LogP contribution in [0.4, 0.5) is 4.39 Å². The van der Waals surface area contributed by atoms with Crippen LogP contribution in [-0.4, -0.2) is 41.0 Å². The summed E-state index contributed by atoms with van der Waals surface area (Å²) in [5.41, 5.74) is -1.93. The Hall–Kier alpha value is -0.650. The summed E-state index contributed by atoms with van der Waals surface area (Å²) < 4.78 is 22.8. The Balaban J connectivity index is 1.72. The first-order valence-corrected chi connectivity index (χ1v) is 11.1. The molecule has 0 saturated heterocycles. The number of allylic oxidation sites excluding steroid dienone is 4. The van der Waals surface area contributed by atoms with Crippen molar-refractivity contribution in [3.63, 3.8) is 0 Å². The van der Waals surface area contributed by atoms with Crippen LogP contribution in [0, 0.1) is 22.7 Å². The van der Waals surface area contributed by atoms with Crippen molar-refractivity contribution >= 4 is 17.5 Å². The van der Waals surface area contributed by atoms with Gasteiger partial charge in [-0.1, -0.05) is 18.6 Å². The lowest BCUT2D eigenvalue weighted by atomic mass is 9.46. The number of ether oxygens (including phenoxy) is 1. The Kier molecular flexibility index (Phi) is 4.44. The highest BCUT2D eigenvalue weighted by Gasteiger charge is 2.70. The van der Waals surface area contributed by atoms with Crippen LogP contribution >= 0.6 is 11.8 Å². The van der Waals surface area contributed by atoms with Crippen LogP contribution in [0.3, 0.4) is 0 Å². The van der Waals surface area contributed by atoms with E-state index in [-0.39, 0.29) is 29.1 Å². The molecule has 0 amide bonds. The Morgan fingerprint density at radius 3 is 2.81 bits per heavy atom. The van der Waals surface area contributed by atoms with E-state index in [1.165, 1.54) is 6.08 Å². The molecule has 4 aliphatic carbocycles. The molecule has 7 atom stereocenters. The molecule has 0 heterocycles. The average molecular weight is 381 g/mol. The normalized spacial score (nSPS) is 50.0. The van der Waals surface area contributed by atoms with Crippen molar-refractivity contribution in [2.75, 3.05) is 12.2 Å². The molecule has 1 N–H and O–H groups in total. The largest absolute Gasteiger partial charge is 0.390 e. The summed E-state index contributed by atoms with van der Waals surface area (Å²) in [5.74, 6) is 0.594. The maximum Gasteiger partial charge on any atom is 0.178 e.